The molecule has 1 aromatic carbocycles. The highest BCUT2D eigenvalue weighted by atomic mass is 32.1. The SMILES string of the molecule is NC(=O)CN(Cc1cccc(N)c1)C(=O)c1cnns1. The van der Waals surface area contributed by atoms with Crippen molar-refractivity contribution in [3.05, 3.63) is 40.9 Å². The van der Waals surface area contributed by atoms with Gasteiger partial charge in [0, 0.05) is 12.2 Å². The Labute approximate surface area is 119 Å². The molecule has 20 heavy (non-hydrogen) atoms. The van der Waals surface area contributed by atoms with E-state index < -0.39 is 5.91 Å². The maximum atomic E-state index is 12.2. The molecule has 4 N–H and O–H groups in total. The molecule has 0 aliphatic carbocycles. The Bertz CT molecular complexity index is 614. The third-order valence-corrected chi connectivity index (χ3v) is 3.18. The highest BCUT2D eigenvalue weighted by Crippen LogP contribution is 2.13. The van der Waals surface area contributed by atoms with Crippen molar-refractivity contribution >= 4 is 29.0 Å². The Balaban J connectivity index is 2.19. The van der Waals surface area contributed by atoms with Gasteiger partial charge in [0.1, 0.15) is 11.4 Å². The number of benzene rings is 1. The summed E-state index contributed by atoms with van der Waals surface area (Å²) in [6, 6.07) is 7.09. The highest BCUT2D eigenvalue weighted by molar-refractivity contribution is 7.07. The molecule has 0 aliphatic rings. The van der Waals surface area contributed by atoms with E-state index >= 15 is 0 Å². The quantitative estimate of drug-likeness (QED) is 0.766. The van der Waals surface area contributed by atoms with E-state index in [4.69, 9.17) is 11.5 Å². The number of nitrogen functional groups attached to an aromatic ring is 1. The van der Waals surface area contributed by atoms with Gasteiger partial charge in [0.05, 0.1) is 6.20 Å². The standard InChI is InChI=1S/C12H13N5O2S/c13-9-3-1-2-8(4-9)6-17(7-11(14)18)12(19)10-5-15-16-20-10/h1-5H,6-7,13H2,(H2,14,18). The van der Waals surface area contributed by atoms with E-state index in [1.165, 1.54) is 11.1 Å². The number of aromatic nitrogens is 2. The van der Waals surface area contributed by atoms with Gasteiger partial charge in [0.2, 0.25) is 5.91 Å². The third kappa shape index (κ3) is 3.51. The molecule has 1 aromatic heterocycles. The molecule has 2 rings (SSSR count). The zero-order valence-electron chi connectivity index (χ0n) is 10.5. The lowest BCUT2D eigenvalue weighted by Crippen LogP contribution is -2.37. The fourth-order valence-electron chi connectivity index (χ4n) is 1.72. The van der Waals surface area contributed by atoms with Crippen LogP contribution in [0.2, 0.25) is 0 Å². The lowest BCUT2D eigenvalue weighted by atomic mass is 10.2. The van der Waals surface area contributed by atoms with Crippen LogP contribution in [-0.4, -0.2) is 32.8 Å². The molecule has 0 atom stereocenters. The fraction of sp³-hybridized carbons (Fsp3) is 0.167. The third-order valence-electron chi connectivity index (χ3n) is 2.53. The molecule has 0 unspecified atom stereocenters. The van der Waals surface area contributed by atoms with Crippen LogP contribution in [0.3, 0.4) is 0 Å². The highest BCUT2D eigenvalue weighted by Gasteiger charge is 2.20. The van der Waals surface area contributed by atoms with Crippen LogP contribution in [-0.2, 0) is 11.3 Å². The molecule has 0 aliphatic heterocycles. The molecule has 0 saturated carbocycles. The molecule has 0 spiro atoms. The van der Waals surface area contributed by atoms with E-state index in [2.05, 4.69) is 9.59 Å². The van der Waals surface area contributed by atoms with E-state index in [1.807, 2.05) is 6.07 Å². The summed E-state index contributed by atoms with van der Waals surface area (Å²) >= 11 is 0.971. The van der Waals surface area contributed by atoms with Crippen LogP contribution in [0.5, 0.6) is 0 Å². The monoisotopic (exact) mass is 291 g/mol. The Kier molecular flexibility index (Phi) is 4.26. The predicted octanol–water partition coefficient (Wildman–Crippen LogP) is 0.248. The minimum absolute atomic E-state index is 0.175. The largest absolute Gasteiger partial charge is 0.399 e. The number of carbonyl (C=O) groups excluding carboxylic acids is 2. The van der Waals surface area contributed by atoms with Gasteiger partial charge in [-0.25, -0.2) is 0 Å². The van der Waals surface area contributed by atoms with Crippen LogP contribution in [0.25, 0.3) is 0 Å². The van der Waals surface area contributed by atoms with Gasteiger partial charge in [-0.2, -0.15) is 0 Å². The van der Waals surface area contributed by atoms with Gasteiger partial charge in [0.15, 0.2) is 0 Å². The lowest BCUT2D eigenvalue weighted by molar-refractivity contribution is -0.118. The molecule has 0 bridgehead atoms. The van der Waals surface area contributed by atoms with Crippen LogP contribution >= 0.6 is 11.5 Å². The Morgan fingerprint density at radius 1 is 1.35 bits per heavy atom. The van der Waals surface area contributed by atoms with Gasteiger partial charge >= 0.3 is 0 Å². The number of hydrogen-bond donors (Lipinski definition) is 2. The zero-order valence-corrected chi connectivity index (χ0v) is 11.3. The summed E-state index contributed by atoms with van der Waals surface area (Å²) in [4.78, 5) is 25.1. The summed E-state index contributed by atoms with van der Waals surface area (Å²) in [5.74, 6) is -0.916. The van der Waals surface area contributed by atoms with Crippen molar-refractivity contribution < 1.29 is 9.59 Å². The van der Waals surface area contributed by atoms with Crippen molar-refractivity contribution in [2.75, 3.05) is 12.3 Å². The van der Waals surface area contributed by atoms with E-state index in [9.17, 15) is 9.59 Å². The Morgan fingerprint density at radius 3 is 2.75 bits per heavy atom. The molecule has 0 fully saturated rings. The first-order valence-electron chi connectivity index (χ1n) is 5.75. The molecule has 104 valence electrons. The normalized spacial score (nSPS) is 10.2. The average Bonchev–Trinajstić information content (AvgIpc) is 2.90. The number of hydrogen-bond acceptors (Lipinski definition) is 6. The van der Waals surface area contributed by atoms with Gasteiger partial charge < -0.3 is 16.4 Å². The summed E-state index contributed by atoms with van der Waals surface area (Å²) < 4.78 is 3.63. The average molecular weight is 291 g/mol. The number of nitrogens with zero attached hydrogens (tertiary/aromatic N) is 3. The number of carbonyl (C=O) groups is 2. The molecule has 0 saturated heterocycles. The second-order valence-electron chi connectivity index (χ2n) is 4.15. The van der Waals surface area contributed by atoms with Crippen molar-refractivity contribution in [1.82, 2.24) is 14.5 Å². The number of primary amides is 1. The first kappa shape index (κ1) is 13.9. The fourth-order valence-corrected chi connectivity index (χ4v) is 2.20. The van der Waals surface area contributed by atoms with Crippen molar-refractivity contribution in [2.24, 2.45) is 5.73 Å². The number of anilines is 1. The molecule has 2 aromatic rings. The topological polar surface area (TPSA) is 115 Å². The molecule has 8 heteroatoms. The summed E-state index contributed by atoms with van der Waals surface area (Å²) in [6.45, 7) is 0.0657. The van der Waals surface area contributed by atoms with Crippen LogP contribution in [0.4, 0.5) is 5.69 Å². The molecule has 7 nitrogen and oxygen atoms in total. The van der Waals surface area contributed by atoms with Crippen molar-refractivity contribution in [3.63, 3.8) is 0 Å². The minimum atomic E-state index is -0.584. The second-order valence-corrected chi connectivity index (χ2v) is 4.94. The van der Waals surface area contributed by atoms with Gasteiger partial charge in [-0.05, 0) is 29.2 Å². The van der Waals surface area contributed by atoms with Crippen molar-refractivity contribution in [1.29, 1.82) is 0 Å². The maximum absolute atomic E-state index is 12.2. The summed E-state index contributed by atoms with van der Waals surface area (Å²) in [5, 5.41) is 3.61. The minimum Gasteiger partial charge on any atom is -0.399 e. The summed E-state index contributed by atoms with van der Waals surface area (Å²) in [6.07, 6.45) is 1.36. The lowest BCUT2D eigenvalue weighted by Gasteiger charge is -2.20. The van der Waals surface area contributed by atoms with Crippen LogP contribution in [0.1, 0.15) is 15.2 Å². The zero-order chi connectivity index (χ0) is 14.5. The number of rotatable bonds is 5. The maximum Gasteiger partial charge on any atom is 0.267 e. The van der Waals surface area contributed by atoms with Gasteiger partial charge in [-0.15, -0.1) is 5.10 Å². The van der Waals surface area contributed by atoms with Gasteiger partial charge in [0.25, 0.3) is 5.91 Å². The van der Waals surface area contributed by atoms with E-state index in [1.54, 1.807) is 18.2 Å². The van der Waals surface area contributed by atoms with Crippen LogP contribution < -0.4 is 11.5 Å². The van der Waals surface area contributed by atoms with E-state index in [0.29, 0.717) is 10.6 Å². The summed E-state index contributed by atoms with van der Waals surface area (Å²) in [7, 11) is 0. The predicted molar refractivity (Wildman–Crippen MR) is 74.7 cm³/mol. The Hall–Kier alpha value is -2.48. The molecular weight excluding hydrogens is 278 g/mol. The number of amides is 2. The van der Waals surface area contributed by atoms with E-state index in [-0.39, 0.29) is 19.0 Å². The summed E-state index contributed by atoms with van der Waals surface area (Å²) in [5.41, 5.74) is 12.3. The Morgan fingerprint density at radius 2 is 2.15 bits per heavy atom. The second kappa shape index (κ2) is 6.11. The van der Waals surface area contributed by atoms with E-state index in [0.717, 1.165) is 17.1 Å². The van der Waals surface area contributed by atoms with Gasteiger partial charge in [-0.3, -0.25) is 9.59 Å². The number of nitrogens with two attached hydrogens (primary N) is 2. The molecular formula is C12H13N5O2S. The van der Waals surface area contributed by atoms with Crippen LogP contribution in [0.15, 0.2) is 30.5 Å². The van der Waals surface area contributed by atoms with Gasteiger partial charge in [-0.1, -0.05) is 16.6 Å². The first-order valence-corrected chi connectivity index (χ1v) is 6.53. The molecule has 1 heterocycles. The van der Waals surface area contributed by atoms with Crippen LogP contribution in [0, 0.1) is 0 Å². The van der Waals surface area contributed by atoms with Crippen molar-refractivity contribution in [2.45, 2.75) is 6.54 Å². The molecule has 2 amide bonds. The van der Waals surface area contributed by atoms with Crippen molar-refractivity contribution in [3.8, 4) is 0 Å². The first-order chi connectivity index (χ1) is 9.56. The molecule has 0 radical (unpaired) electrons. The smallest absolute Gasteiger partial charge is 0.267 e.